The standard InChI is InChI=1S/C22H25N3O5/c1-15-5-7-17(13-19(15)25(27)28)23-22(26)14-24-9-2-4-18(24)16-6-8-20-21(12-16)30-11-3-10-29-20/h5-8,12-13,18H,2-4,9-11,14H2,1H3,(H,23,26)/t18-/m0/s1. The fourth-order valence-corrected chi connectivity index (χ4v) is 4.05. The zero-order chi connectivity index (χ0) is 21.1. The van der Waals surface area contributed by atoms with Crippen molar-refractivity contribution in [3.63, 3.8) is 0 Å². The molecular weight excluding hydrogens is 386 g/mol. The van der Waals surface area contributed by atoms with Gasteiger partial charge in [-0.25, -0.2) is 0 Å². The maximum absolute atomic E-state index is 12.6. The number of benzene rings is 2. The highest BCUT2D eigenvalue weighted by Gasteiger charge is 2.28. The molecule has 2 aliphatic heterocycles. The number of nitrogens with one attached hydrogen (secondary N) is 1. The van der Waals surface area contributed by atoms with E-state index in [-0.39, 0.29) is 24.2 Å². The van der Waals surface area contributed by atoms with E-state index in [2.05, 4.69) is 10.2 Å². The Morgan fingerprint density at radius 2 is 1.97 bits per heavy atom. The molecule has 2 aromatic carbocycles. The first kappa shape index (κ1) is 20.2. The summed E-state index contributed by atoms with van der Waals surface area (Å²) in [5.41, 5.74) is 2.10. The number of carbonyl (C=O) groups is 1. The molecule has 4 rings (SSSR count). The number of likely N-dealkylation sites (tertiary alicyclic amines) is 1. The number of rotatable bonds is 5. The lowest BCUT2D eigenvalue weighted by Gasteiger charge is -2.25. The Kier molecular flexibility index (Phi) is 5.85. The summed E-state index contributed by atoms with van der Waals surface area (Å²) < 4.78 is 11.5. The predicted molar refractivity (Wildman–Crippen MR) is 112 cm³/mol. The molecule has 1 fully saturated rings. The van der Waals surface area contributed by atoms with Gasteiger partial charge >= 0.3 is 0 Å². The molecule has 0 unspecified atom stereocenters. The quantitative estimate of drug-likeness (QED) is 0.593. The minimum Gasteiger partial charge on any atom is -0.490 e. The van der Waals surface area contributed by atoms with Crippen molar-refractivity contribution in [3.05, 3.63) is 57.6 Å². The first-order chi connectivity index (χ1) is 14.5. The molecule has 2 heterocycles. The van der Waals surface area contributed by atoms with Crippen molar-refractivity contribution in [1.82, 2.24) is 4.90 Å². The minimum atomic E-state index is -0.439. The Morgan fingerprint density at radius 1 is 1.17 bits per heavy atom. The number of carbonyl (C=O) groups excluding carboxylic acids is 1. The number of nitrogens with zero attached hydrogens (tertiary/aromatic N) is 2. The van der Waals surface area contributed by atoms with Crippen molar-refractivity contribution in [2.75, 3.05) is 31.6 Å². The Bertz CT molecular complexity index is 962. The molecule has 0 bridgehead atoms. The van der Waals surface area contributed by atoms with Gasteiger partial charge < -0.3 is 14.8 Å². The highest BCUT2D eigenvalue weighted by Crippen LogP contribution is 2.37. The van der Waals surface area contributed by atoms with Gasteiger partial charge in [-0.3, -0.25) is 19.8 Å². The van der Waals surface area contributed by atoms with Crippen molar-refractivity contribution < 1.29 is 19.2 Å². The molecule has 30 heavy (non-hydrogen) atoms. The minimum absolute atomic E-state index is 0.000884. The molecule has 0 radical (unpaired) electrons. The second-order valence-corrected chi connectivity index (χ2v) is 7.69. The van der Waals surface area contributed by atoms with Crippen LogP contribution in [0.2, 0.25) is 0 Å². The summed E-state index contributed by atoms with van der Waals surface area (Å²) in [6, 6.07) is 10.9. The van der Waals surface area contributed by atoms with Crippen molar-refractivity contribution in [1.29, 1.82) is 0 Å². The van der Waals surface area contributed by atoms with E-state index in [0.29, 0.717) is 24.5 Å². The number of fused-ring (bicyclic) bond motifs is 1. The molecule has 8 heteroatoms. The van der Waals surface area contributed by atoms with E-state index in [4.69, 9.17) is 9.47 Å². The molecule has 1 atom stereocenters. The smallest absolute Gasteiger partial charge is 0.274 e. The molecule has 1 amide bonds. The highest BCUT2D eigenvalue weighted by atomic mass is 16.6. The number of anilines is 1. The lowest BCUT2D eigenvalue weighted by molar-refractivity contribution is -0.385. The van der Waals surface area contributed by atoms with E-state index in [9.17, 15) is 14.9 Å². The number of aryl methyl sites for hydroxylation is 1. The van der Waals surface area contributed by atoms with Crippen molar-refractivity contribution in [3.8, 4) is 11.5 Å². The second-order valence-electron chi connectivity index (χ2n) is 7.69. The predicted octanol–water partition coefficient (Wildman–Crippen LogP) is 3.84. The molecule has 1 N–H and O–H groups in total. The van der Waals surface area contributed by atoms with Crippen LogP contribution >= 0.6 is 0 Å². The van der Waals surface area contributed by atoms with Crippen LogP contribution in [0.5, 0.6) is 11.5 Å². The van der Waals surface area contributed by atoms with Gasteiger partial charge in [0.15, 0.2) is 11.5 Å². The molecular formula is C22H25N3O5. The van der Waals surface area contributed by atoms with E-state index < -0.39 is 4.92 Å². The number of nitro benzene ring substituents is 1. The van der Waals surface area contributed by atoms with Crippen LogP contribution in [0.3, 0.4) is 0 Å². The van der Waals surface area contributed by atoms with Gasteiger partial charge in [0.25, 0.3) is 5.69 Å². The SMILES string of the molecule is Cc1ccc(NC(=O)CN2CCC[C@H]2c2ccc3c(c2)OCCCO3)cc1[N+](=O)[O-]. The Balaban J connectivity index is 1.44. The third-order valence-corrected chi connectivity index (χ3v) is 5.56. The maximum atomic E-state index is 12.6. The molecule has 1 saturated heterocycles. The summed E-state index contributed by atoms with van der Waals surface area (Å²) in [6.45, 7) is 4.00. The van der Waals surface area contributed by atoms with Crippen LogP contribution in [-0.4, -0.2) is 42.0 Å². The summed E-state index contributed by atoms with van der Waals surface area (Å²) in [5, 5.41) is 13.9. The average Bonchev–Trinajstić information content (AvgIpc) is 3.04. The van der Waals surface area contributed by atoms with Gasteiger partial charge in [-0.2, -0.15) is 0 Å². The summed E-state index contributed by atoms with van der Waals surface area (Å²) in [6.07, 6.45) is 2.82. The first-order valence-electron chi connectivity index (χ1n) is 10.2. The topological polar surface area (TPSA) is 93.9 Å². The fourth-order valence-electron chi connectivity index (χ4n) is 4.05. The van der Waals surface area contributed by atoms with E-state index >= 15 is 0 Å². The Morgan fingerprint density at radius 3 is 2.77 bits per heavy atom. The van der Waals surface area contributed by atoms with Crippen LogP contribution in [0.25, 0.3) is 0 Å². The summed E-state index contributed by atoms with van der Waals surface area (Å²) in [7, 11) is 0. The lowest BCUT2D eigenvalue weighted by atomic mass is 10.0. The zero-order valence-corrected chi connectivity index (χ0v) is 16.9. The normalized spacial score (nSPS) is 18.6. The molecule has 158 valence electrons. The third-order valence-electron chi connectivity index (χ3n) is 5.56. The van der Waals surface area contributed by atoms with Crippen LogP contribution < -0.4 is 14.8 Å². The number of hydrogen-bond donors (Lipinski definition) is 1. The monoisotopic (exact) mass is 411 g/mol. The molecule has 8 nitrogen and oxygen atoms in total. The molecule has 0 spiro atoms. The van der Waals surface area contributed by atoms with Gasteiger partial charge in [0.05, 0.1) is 24.7 Å². The van der Waals surface area contributed by atoms with Crippen LogP contribution in [0, 0.1) is 17.0 Å². The molecule has 0 aliphatic carbocycles. The zero-order valence-electron chi connectivity index (χ0n) is 16.9. The fraction of sp³-hybridized carbons (Fsp3) is 0.409. The van der Waals surface area contributed by atoms with Gasteiger partial charge in [0.1, 0.15) is 0 Å². The summed E-state index contributed by atoms with van der Waals surface area (Å²) in [4.78, 5) is 25.4. The number of ether oxygens (including phenoxy) is 2. The summed E-state index contributed by atoms with van der Waals surface area (Å²) in [5.74, 6) is 1.34. The van der Waals surface area contributed by atoms with Gasteiger partial charge in [0.2, 0.25) is 5.91 Å². The number of hydrogen-bond acceptors (Lipinski definition) is 6. The van der Waals surface area contributed by atoms with Gasteiger partial charge in [-0.1, -0.05) is 12.1 Å². The van der Waals surface area contributed by atoms with Crippen molar-refractivity contribution in [2.45, 2.75) is 32.2 Å². The van der Waals surface area contributed by atoms with Gasteiger partial charge in [0, 0.05) is 29.8 Å². The maximum Gasteiger partial charge on any atom is 0.274 e. The molecule has 0 aromatic heterocycles. The van der Waals surface area contributed by atoms with Crippen molar-refractivity contribution in [2.24, 2.45) is 0 Å². The Hall–Kier alpha value is -3.13. The van der Waals surface area contributed by atoms with Crippen LogP contribution in [0.4, 0.5) is 11.4 Å². The number of nitro groups is 1. The molecule has 2 aromatic rings. The van der Waals surface area contributed by atoms with E-state index in [1.165, 1.54) is 6.07 Å². The lowest BCUT2D eigenvalue weighted by Crippen LogP contribution is -2.33. The van der Waals surface area contributed by atoms with E-state index in [0.717, 1.165) is 42.9 Å². The van der Waals surface area contributed by atoms with Crippen LogP contribution in [-0.2, 0) is 4.79 Å². The van der Waals surface area contributed by atoms with E-state index in [1.807, 2.05) is 18.2 Å². The highest BCUT2D eigenvalue weighted by molar-refractivity contribution is 5.92. The van der Waals surface area contributed by atoms with Gasteiger partial charge in [-0.15, -0.1) is 0 Å². The van der Waals surface area contributed by atoms with Crippen molar-refractivity contribution >= 4 is 17.3 Å². The Labute approximate surface area is 174 Å². The second kappa shape index (κ2) is 8.71. The summed E-state index contributed by atoms with van der Waals surface area (Å²) >= 11 is 0. The van der Waals surface area contributed by atoms with Crippen LogP contribution in [0.15, 0.2) is 36.4 Å². The molecule has 2 aliphatic rings. The largest absolute Gasteiger partial charge is 0.490 e. The first-order valence-corrected chi connectivity index (χ1v) is 10.2. The van der Waals surface area contributed by atoms with Crippen LogP contribution in [0.1, 0.15) is 36.4 Å². The average molecular weight is 411 g/mol. The number of amides is 1. The van der Waals surface area contributed by atoms with E-state index in [1.54, 1.807) is 19.1 Å². The third kappa shape index (κ3) is 4.38. The van der Waals surface area contributed by atoms with Gasteiger partial charge in [-0.05, 0) is 50.1 Å². The molecule has 0 saturated carbocycles.